The van der Waals surface area contributed by atoms with Crippen LogP contribution in [0, 0.1) is 11.2 Å². The summed E-state index contributed by atoms with van der Waals surface area (Å²) in [4.78, 5) is 33.7. The monoisotopic (exact) mass is 613 g/mol. The predicted molar refractivity (Wildman–Crippen MR) is 165 cm³/mol. The van der Waals surface area contributed by atoms with Crippen LogP contribution < -0.4 is 10.0 Å². The first-order chi connectivity index (χ1) is 20.8. The normalized spacial score (nSPS) is 12.2. The Morgan fingerprint density at radius 3 is 2.61 bits per heavy atom. The Morgan fingerprint density at radius 1 is 1.02 bits per heavy atom. The number of hydrogen-bond donors (Lipinski definition) is 4. The molecule has 0 aliphatic rings. The largest absolute Gasteiger partial charge is 0.324 e. The molecule has 6 aromatic rings. The number of benzene rings is 1. The Morgan fingerprint density at radius 2 is 1.84 bits per heavy atom. The summed E-state index contributed by atoms with van der Waals surface area (Å²) in [7, 11) is -3.45. The topological polar surface area (TPSA) is 171 Å². The van der Waals surface area contributed by atoms with Crippen molar-refractivity contribution in [3.05, 3.63) is 72.6 Å². The van der Waals surface area contributed by atoms with Crippen LogP contribution in [-0.4, -0.2) is 55.7 Å². The summed E-state index contributed by atoms with van der Waals surface area (Å²) in [6, 6.07) is 9.73. The predicted octanol–water partition coefficient (Wildman–Crippen LogP) is 4.80. The lowest BCUT2D eigenvalue weighted by Crippen LogP contribution is -2.27. The van der Waals surface area contributed by atoms with Gasteiger partial charge in [0.1, 0.15) is 17.0 Å². The molecule has 1 aromatic carbocycles. The van der Waals surface area contributed by atoms with Crippen LogP contribution in [0.1, 0.15) is 26.3 Å². The van der Waals surface area contributed by atoms with E-state index in [-0.39, 0.29) is 12.5 Å². The van der Waals surface area contributed by atoms with Crippen LogP contribution in [-0.2, 0) is 21.4 Å². The Kier molecular flexibility index (Phi) is 7.18. The quantitative estimate of drug-likeness (QED) is 0.199. The number of amides is 1. The van der Waals surface area contributed by atoms with Gasteiger partial charge in [-0.05, 0) is 47.5 Å². The molecular weight excluding hydrogens is 585 g/mol. The number of nitrogens with one attached hydrogen (secondary N) is 4. The lowest BCUT2D eigenvalue weighted by atomic mass is 9.95. The number of sulfonamides is 1. The molecule has 0 bridgehead atoms. The second-order valence-corrected chi connectivity index (χ2v) is 13.3. The van der Waals surface area contributed by atoms with Crippen LogP contribution in [0.3, 0.4) is 0 Å². The lowest BCUT2D eigenvalue weighted by Gasteiger charge is -2.17. The molecule has 44 heavy (non-hydrogen) atoms. The minimum Gasteiger partial charge on any atom is -0.324 e. The van der Waals surface area contributed by atoms with Crippen molar-refractivity contribution in [1.82, 2.24) is 39.8 Å². The van der Waals surface area contributed by atoms with Gasteiger partial charge in [-0.1, -0.05) is 20.8 Å². The number of fused-ring (bicyclic) bond motifs is 2. The van der Waals surface area contributed by atoms with E-state index >= 15 is 0 Å². The Bertz CT molecular complexity index is 2170. The molecule has 4 N–H and O–H groups in total. The van der Waals surface area contributed by atoms with Gasteiger partial charge >= 0.3 is 0 Å². The highest BCUT2D eigenvalue weighted by Crippen LogP contribution is 2.33. The number of hydrogen-bond acceptors (Lipinski definition) is 8. The molecule has 0 radical (unpaired) electrons. The third-order valence-electron chi connectivity index (χ3n) is 6.84. The second-order valence-electron chi connectivity index (χ2n) is 11.4. The zero-order chi connectivity index (χ0) is 31.2. The molecule has 0 fully saturated rings. The maximum atomic E-state index is 14.6. The maximum absolute atomic E-state index is 14.6. The van der Waals surface area contributed by atoms with Gasteiger partial charge < -0.3 is 10.3 Å². The third-order valence-corrected chi connectivity index (χ3v) is 7.51. The number of pyridine rings is 3. The van der Waals surface area contributed by atoms with Gasteiger partial charge in [-0.15, -0.1) is 0 Å². The number of imidazole rings is 1. The van der Waals surface area contributed by atoms with Crippen molar-refractivity contribution in [1.29, 1.82) is 0 Å². The van der Waals surface area contributed by atoms with Gasteiger partial charge in [-0.3, -0.25) is 19.9 Å². The standard InChI is InChI=1S/C30H28FN9O3S/c1-30(2,3)29(41)36-20-10-18(13-32-14-20)23-11-22-24(15-34-23)39-40-26(22)28-37-25-21(5-6-33-27(25)38-28)17-7-16(8-19(31)9-17)12-35-44(4,42)43/h5-11,13-15,35H,12H2,1-4H3,(H,36,41)(H,39,40)(H,33,37,38). The highest BCUT2D eigenvalue weighted by Gasteiger charge is 2.22. The summed E-state index contributed by atoms with van der Waals surface area (Å²) in [5, 5.41) is 11.1. The molecular formula is C30H28FN9O3S. The van der Waals surface area contributed by atoms with Crippen molar-refractivity contribution in [2.75, 3.05) is 11.6 Å². The van der Waals surface area contributed by atoms with Crippen LogP contribution in [0.25, 0.3) is 56.0 Å². The van der Waals surface area contributed by atoms with Gasteiger partial charge in [0.15, 0.2) is 11.5 Å². The van der Waals surface area contributed by atoms with Gasteiger partial charge in [0.25, 0.3) is 0 Å². The molecule has 0 atom stereocenters. The molecule has 12 nitrogen and oxygen atoms in total. The van der Waals surface area contributed by atoms with Gasteiger partial charge in [-0.2, -0.15) is 5.10 Å². The van der Waals surface area contributed by atoms with E-state index in [1.807, 2.05) is 26.8 Å². The molecule has 5 heterocycles. The molecule has 1 amide bonds. The Labute approximate surface area is 251 Å². The first-order valence-electron chi connectivity index (χ1n) is 13.5. The zero-order valence-electron chi connectivity index (χ0n) is 24.2. The fraction of sp³-hybridized carbons (Fsp3) is 0.200. The first-order valence-corrected chi connectivity index (χ1v) is 15.4. The number of aromatic amines is 2. The van der Waals surface area contributed by atoms with E-state index in [1.165, 1.54) is 12.1 Å². The summed E-state index contributed by atoms with van der Waals surface area (Å²) < 4.78 is 40.1. The van der Waals surface area contributed by atoms with Crippen LogP contribution >= 0.6 is 0 Å². The van der Waals surface area contributed by atoms with Crippen molar-refractivity contribution in [2.24, 2.45) is 5.41 Å². The molecule has 6 rings (SSSR count). The Balaban J connectivity index is 1.37. The van der Waals surface area contributed by atoms with Crippen LogP contribution in [0.4, 0.5) is 10.1 Å². The summed E-state index contributed by atoms with van der Waals surface area (Å²) in [6.07, 6.45) is 7.54. The zero-order valence-corrected chi connectivity index (χ0v) is 25.0. The highest BCUT2D eigenvalue weighted by molar-refractivity contribution is 7.88. The van der Waals surface area contributed by atoms with Crippen molar-refractivity contribution >= 4 is 43.7 Å². The van der Waals surface area contributed by atoms with Gasteiger partial charge in [0.05, 0.1) is 35.5 Å². The fourth-order valence-corrected chi connectivity index (χ4v) is 5.03. The maximum Gasteiger partial charge on any atom is 0.229 e. The van der Waals surface area contributed by atoms with Crippen LogP contribution in [0.5, 0.6) is 0 Å². The summed E-state index contributed by atoms with van der Waals surface area (Å²) >= 11 is 0. The molecule has 0 saturated carbocycles. The molecule has 0 aliphatic heterocycles. The highest BCUT2D eigenvalue weighted by atomic mass is 32.2. The number of anilines is 1. The van der Waals surface area contributed by atoms with Gasteiger partial charge in [-0.25, -0.2) is 27.5 Å². The van der Waals surface area contributed by atoms with Gasteiger partial charge in [0, 0.05) is 40.9 Å². The minimum absolute atomic E-state index is 0.0549. The second kappa shape index (κ2) is 10.9. The number of aromatic nitrogens is 7. The van der Waals surface area contributed by atoms with E-state index in [1.54, 1.807) is 43.0 Å². The fourth-order valence-electron chi connectivity index (χ4n) is 4.60. The van der Waals surface area contributed by atoms with Crippen molar-refractivity contribution < 1.29 is 17.6 Å². The molecule has 0 spiro atoms. The number of carbonyl (C=O) groups is 1. The third kappa shape index (κ3) is 6.02. The van der Waals surface area contributed by atoms with E-state index in [2.05, 4.69) is 40.2 Å². The summed E-state index contributed by atoms with van der Waals surface area (Å²) in [6.45, 7) is 5.45. The molecule has 0 saturated heterocycles. The molecule has 5 aromatic heterocycles. The van der Waals surface area contributed by atoms with Gasteiger partial charge in [0.2, 0.25) is 15.9 Å². The van der Waals surface area contributed by atoms with Crippen molar-refractivity contribution in [3.8, 4) is 33.9 Å². The molecule has 14 heteroatoms. The SMILES string of the molecule is CC(C)(C)C(=O)Nc1cncc(-c2cc3c(-c4nc5c(-c6cc(F)cc(CNS(C)(=O)=O)c6)ccnc5[nH]4)n[nH]c3cn2)c1. The first kappa shape index (κ1) is 29.0. The van der Waals surface area contributed by atoms with Crippen molar-refractivity contribution in [2.45, 2.75) is 27.3 Å². The number of halogens is 1. The van der Waals surface area contributed by atoms with Crippen LogP contribution in [0.15, 0.2) is 61.2 Å². The van der Waals surface area contributed by atoms with E-state index in [0.717, 1.165) is 11.6 Å². The van der Waals surface area contributed by atoms with E-state index < -0.39 is 21.3 Å². The minimum atomic E-state index is -3.45. The Hall–Kier alpha value is -5.08. The molecule has 0 aliphatic carbocycles. The van der Waals surface area contributed by atoms with Crippen molar-refractivity contribution in [3.63, 3.8) is 0 Å². The molecule has 224 valence electrons. The average molecular weight is 614 g/mol. The van der Waals surface area contributed by atoms with E-state index in [4.69, 9.17) is 4.98 Å². The smallest absolute Gasteiger partial charge is 0.229 e. The van der Waals surface area contributed by atoms with E-state index in [0.29, 0.717) is 61.8 Å². The summed E-state index contributed by atoms with van der Waals surface area (Å²) in [5.41, 5.74) is 5.06. The number of carbonyl (C=O) groups excluding carboxylic acids is 1. The molecule has 0 unspecified atom stereocenters. The van der Waals surface area contributed by atoms with Crippen LogP contribution in [0.2, 0.25) is 0 Å². The number of H-pyrrole nitrogens is 2. The number of rotatable bonds is 7. The number of nitrogens with zero attached hydrogens (tertiary/aromatic N) is 5. The summed E-state index contributed by atoms with van der Waals surface area (Å²) in [5.74, 6) is -0.207. The lowest BCUT2D eigenvalue weighted by molar-refractivity contribution is -0.123. The average Bonchev–Trinajstić information content (AvgIpc) is 3.59. The van der Waals surface area contributed by atoms with E-state index in [9.17, 15) is 17.6 Å².